The Balaban J connectivity index is 1.69. The lowest BCUT2D eigenvalue weighted by Gasteiger charge is -2.37. The first-order chi connectivity index (χ1) is 13.3. The highest BCUT2D eigenvalue weighted by Crippen LogP contribution is 2.42. The molecule has 28 heavy (non-hydrogen) atoms. The lowest BCUT2D eigenvalue weighted by molar-refractivity contribution is 0.263. The van der Waals surface area contributed by atoms with Gasteiger partial charge in [-0.25, -0.2) is 4.68 Å². The molecule has 1 N–H and O–H groups in total. The second-order valence-corrected chi connectivity index (χ2v) is 10.6. The lowest BCUT2D eigenvalue weighted by Crippen LogP contribution is -2.46. The topological polar surface area (TPSA) is 67.2 Å². The van der Waals surface area contributed by atoms with Crippen molar-refractivity contribution in [1.82, 2.24) is 18.8 Å². The molecule has 1 aromatic carbocycles. The summed E-state index contributed by atoms with van der Waals surface area (Å²) >= 11 is 0. The summed E-state index contributed by atoms with van der Waals surface area (Å²) in [6, 6.07) is 7.93. The number of aryl methyl sites for hydroxylation is 1. The van der Waals surface area contributed by atoms with E-state index in [9.17, 15) is 8.42 Å². The molecule has 2 aromatic rings. The lowest BCUT2D eigenvalue weighted by atomic mass is 9.74. The molecule has 0 amide bonds. The fourth-order valence-corrected chi connectivity index (χ4v) is 5.97. The molecule has 1 aliphatic carbocycles. The third kappa shape index (κ3) is 3.75. The minimum Gasteiger partial charge on any atom is -0.237 e. The van der Waals surface area contributed by atoms with Crippen LogP contribution in [0.5, 0.6) is 0 Å². The van der Waals surface area contributed by atoms with Crippen molar-refractivity contribution < 1.29 is 8.42 Å². The van der Waals surface area contributed by atoms with E-state index in [1.54, 1.807) is 4.31 Å². The van der Waals surface area contributed by atoms with Gasteiger partial charge in [0, 0.05) is 24.3 Å². The van der Waals surface area contributed by atoms with Crippen LogP contribution < -0.4 is 4.72 Å². The van der Waals surface area contributed by atoms with E-state index >= 15 is 0 Å². The van der Waals surface area contributed by atoms with Crippen molar-refractivity contribution >= 4 is 10.2 Å². The van der Waals surface area contributed by atoms with Crippen molar-refractivity contribution in [3.8, 4) is 5.69 Å². The van der Waals surface area contributed by atoms with Crippen LogP contribution in [-0.2, 0) is 16.6 Å². The van der Waals surface area contributed by atoms with Crippen LogP contribution in [0, 0.1) is 12.3 Å². The highest BCUT2D eigenvalue weighted by atomic mass is 32.2. The minimum atomic E-state index is -3.49. The standard InChI is InChI=1S/C21H30N4O2S/c1-16-9-5-6-10-19(16)25-20-14-21(2,3)13-18(17(20)15-22-25)23-28(26,27)24-11-7-4-8-12-24/h5-6,9-10,15,18,23H,4,7-8,11-14H2,1-3H3/t18-/m1/s1. The zero-order valence-corrected chi connectivity index (χ0v) is 17.8. The first kappa shape index (κ1) is 19.6. The van der Waals surface area contributed by atoms with Crippen molar-refractivity contribution in [2.45, 2.75) is 58.9 Å². The van der Waals surface area contributed by atoms with Gasteiger partial charge in [-0.15, -0.1) is 0 Å². The number of aromatic nitrogens is 2. The number of hydrogen-bond acceptors (Lipinski definition) is 3. The number of benzene rings is 1. The largest absolute Gasteiger partial charge is 0.280 e. The van der Waals surface area contributed by atoms with Gasteiger partial charge >= 0.3 is 0 Å². The Hall–Kier alpha value is -1.70. The van der Waals surface area contributed by atoms with E-state index in [1.165, 1.54) is 0 Å². The smallest absolute Gasteiger partial charge is 0.237 e. The van der Waals surface area contributed by atoms with Crippen LogP contribution in [0.15, 0.2) is 30.5 Å². The Morgan fingerprint density at radius 3 is 2.57 bits per heavy atom. The highest BCUT2D eigenvalue weighted by molar-refractivity contribution is 7.87. The summed E-state index contributed by atoms with van der Waals surface area (Å²) in [5.74, 6) is 0. The van der Waals surface area contributed by atoms with Crippen LogP contribution in [0.25, 0.3) is 5.69 Å². The molecular formula is C21H30N4O2S. The van der Waals surface area contributed by atoms with Gasteiger partial charge in [0.2, 0.25) is 0 Å². The summed E-state index contributed by atoms with van der Waals surface area (Å²) in [5, 5.41) is 4.66. The van der Waals surface area contributed by atoms with E-state index in [2.05, 4.69) is 42.7 Å². The Labute approximate surface area is 168 Å². The third-order valence-corrected chi connectivity index (χ3v) is 7.60. The van der Waals surface area contributed by atoms with E-state index in [-0.39, 0.29) is 11.5 Å². The number of fused-ring (bicyclic) bond motifs is 1. The fraction of sp³-hybridized carbons (Fsp3) is 0.571. The molecule has 0 spiro atoms. The van der Waals surface area contributed by atoms with Gasteiger partial charge in [0.15, 0.2) is 0 Å². The molecule has 1 saturated heterocycles. The molecule has 1 aliphatic heterocycles. The molecule has 4 rings (SSSR count). The van der Waals surface area contributed by atoms with Crippen LogP contribution in [0.1, 0.15) is 62.4 Å². The molecule has 7 heteroatoms. The Morgan fingerprint density at radius 2 is 1.86 bits per heavy atom. The van der Waals surface area contributed by atoms with Crippen molar-refractivity contribution in [2.75, 3.05) is 13.1 Å². The number of nitrogens with zero attached hydrogens (tertiary/aromatic N) is 3. The van der Waals surface area contributed by atoms with Gasteiger partial charge < -0.3 is 0 Å². The van der Waals surface area contributed by atoms with E-state index < -0.39 is 10.2 Å². The average Bonchev–Trinajstić information content (AvgIpc) is 3.05. The monoisotopic (exact) mass is 402 g/mol. The second-order valence-electron chi connectivity index (χ2n) is 8.93. The van der Waals surface area contributed by atoms with Gasteiger partial charge in [-0.05, 0) is 49.7 Å². The maximum absolute atomic E-state index is 13.0. The predicted octanol–water partition coefficient (Wildman–Crippen LogP) is 3.51. The minimum absolute atomic E-state index is 0.0114. The van der Waals surface area contributed by atoms with E-state index in [1.807, 2.05) is 23.0 Å². The predicted molar refractivity (Wildman–Crippen MR) is 111 cm³/mol. The van der Waals surface area contributed by atoms with Crippen molar-refractivity contribution in [1.29, 1.82) is 0 Å². The van der Waals surface area contributed by atoms with E-state index in [4.69, 9.17) is 0 Å². The third-order valence-electron chi connectivity index (χ3n) is 5.97. The van der Waals surface area contributed by atoms with Crippen LogP contribution >= 0.6 is 0 Å². The molecule has 2 heterocycles. The Bertz CT molecular complexity index is 959. The van der Waals surface area contributed by atoms with Crippen molar-refractivity contribution in [2.24, 2.45) is 5.41 Å². The van der Waals surface area contributed by atoms with E-state index in [0.717, 1.165) is 54.6 Å². The number of nitrogens with one attached hydrogen (secondary N) is 1. The number of rotatable bonds is 4. The molecule has 1 aromatic heterocycles. The molecule has 1 fully saturated rings. The van der Waals surface area contributed by atoms with Gasteiger partial charge in [0.05, 0.1) is 17.9 Å². The molecule has 152 valence electrons. The summed E-state index contributed by atoms with van der Waals surface area (Å²) in [4.78, 5) is 0. The summed E-state index contributed by atoms with van der Waals surface area (Å²) in [6.45, 7) is 7.70. The fourth-order valence-electron chi connectivity index (χ4n) is 4.52. The van der Waals surface area contributed by atoms with E-state index in [0.29, 0.717) is 13.1 Å². The number of piperidine rings is 1. The Morgan fingerprint density at radius 1 is 1.14 bits per heavy atom. The maximum atomic E-state index is 13.0. The SMILES string of the molecule is Cc1ccccc1-n1ncc2c1CC(C)(C)C[C@H]2NS(=O)(=O)N1CCCCC1. The molecule has 2 aliphatic rings. The summed E-state index contributed by atoms with van der Waals surface area (Å²) < 4.78 is 32.6. The van der Waals surface area contributed by atoms with Crippen LogP contribution in [-0.4, -0.2) is 35.6 Å². The summed E-state index contributed by atoms with van der Waals surface area (Å²) in [5.41, 5.74) is 4.31. The molecule has 0 radical (unpaired) electrons. The summed E-state index contributed by atoms with van der Waals surface area (Å²) in [6.07, 6.45) is 6.47. The van der Waals surface area contributed by atoms with Gasteiger partial charge in [-0.3, -0.25) is 0 Å². The van der Waals surface area contributed by atoms with Gasteiger partial charge in [-0.1, -0.05) is 38.5 Å². The van der Waals surface area contributed by atoms with Crippen molar-refractivity contribution in [3.63, 3.8) is 0 Å². The second kappa shape index (κ2) is 7.28. The number of para-hydroxylation sites is 1. The normalized spacial score (nSPS) is 22.8. The molecular weight excluding hydrogens is 372 g/mol. The van der Waals surface area contributed by atoms with Crippen molar-refractivity contribution in [3.05, 3.63) is 47.3 Å². The Kier molecular flexibility index (Phi) is 5.10. The first-order valence-corrected chi connectivity index (χ1v) is 11.6. The number of hydrogen-bond donors (Lipinski definition) is 1. The van der Waals surface area contributed by atoms with Crippen LogP contribution in [0.3, 0.4) is 0 Å². The van der Waals surface area contributed by atoms with Gasteiger partial charge in [-0.2, -0.15) is 22.5 Å². The quantitative estimate of drug-likeness (QED) is 0.851. The molecule has 0 unspecified atom stereocenters. The van der Waals surface area contributed by atoms with Crippen LogP contribution in [0.2, 0.25) is 0 Å². The molecule has 6 nitrogen and oxygen atoms in total. The molecule has 0 bridgehead atoms. The maximum Gasteiger partial charge on any atom is 0.280 e. The first-order valence-electron chi connectivity index (χ1n) is 10.2. The zero-order valence-electron chi connectivity index (χ0n) is 17.0. The highest BCUT2D eigenvalue weighted by Gasteiger charge is 2.38. The van der Waals surface area contributed by atoms with Gasteiger partial charge in [0.25, 0.3) is 10.2 Å². The summed E-state index contributed by atoms with van der Waals surface area (Å²) in [7, 11) is -3.49. The average molecular weight is 403 g/mol. The van der Waals surface area contributed by atoms with Crippen LogP contribution in [0.4, 0.5) is 0 Å². The zero-order chi connectivity index (χ0) is 19.9. The molecule has 0 saturated carbocycles. The molecule has 1 atom stereocenters. The van der Waals surface area contributed by atoms with Gasteiger partial charge in [0.1, 0.15) is 0 Å².